The van der Waals surface area contributed by atoms with Crippen LogP contribution in [-0.2, 0) is 0 Å². The number of methoxy groups -OCH3 is 1. The number of benzene rings is 1. The third-order valence-corrected chi connectivity index (χ3v) is 3.04. The number of hydrogen-bond donors (Lipinski definition) is 2. The van der Waals surface area contributed by atoms with Gasteiger partial charge in [0.15, 0.2) is 5.84 Å². The summed E-state index contributed by atoms with van der Waals surface area (Å²) in [6.45, 7) is 0. The van der Waals surface area contributed by atoms with E-state index in [1.54, 1.807) is 25.3 Å². The van der Waals surface area contributed by atoms with E-state index in [4.69, 9.17) is 20.4 Å². The highest BCUT2D eigenvalue weighted by atomic mass is 79.9. The smallest absolute Gasteiger partial charge is 0.250 e. The second kappa shape index (κ2) is 6.20. The van der Waals surface area contributed by atoms with Crippen molar-refractivity contribution < 1.29 is 14.7 Å². The van der Waals surface area contributed by atoms with Gasteiger partial charge in [-0.2, -0.15) is 5.10 Å². The Labute approximate surface area is 123 Å². The van der Waals surface area contributed by atoms with Crippen molar-refractivity contribution in [2.75, 3.05) is 7.11 Å². The van der Waals surface area contributed by atoms with Gasteiger partial charge in [0, 0.05) is 0 Å². The Balaban J connectivity index is 2.35. The number of amidine groups is 1. The minimum Gasteiger partial charge on any atom is -0.497 e. The standard InChI is InChI=1S/C12H11BrN4O3/c1-19-7-2-3-10(9(13)6-7)20-12-8(11(14)17-18)4-5-15-16-12/h2-6,18H,1H3,(H2,14,17). The van der Waals surface area contributed by atoms with Crippen molar-refractivity contribution in [2.24, 2.45) is 10.9 Å². The molecular formula is C12H11BrN4O3. The van der Waals surface area contributed by atoms with E-state index in [9.17, 15) is 0 Å². The van der Waals surface area contributed by atoms with Crippen LogP contribution in [0.25, 0.3) is 0 Å². The van der Waals surface area contributed by atoms with Crippen LogP contribution in [-0.4, -0.2) is 28.4 Å². The van der Waals surface area contributed by atoms with E-state index in [0.717, 1.165) is 0 Å². The van der Waals surface area contributed by atoms with E-state index in [1.165, 1.54) is 12.3 Å². The van der Waals surface area contributed by atoms with Crippen LogP contribution in [0.15, 0.2) is 40.1 Å². The molecule has 0 aliphatic heterocycles. The summed E-state index contributed by atoms with van der Waals surface area (Å²) in [4.78, 5) is 0. The predicted molar refractivity (Wildman–Crippen MR) is 75.3 cm³/mol. The zero-order valence-electron chi connectivity index (χ0n) is 10.4. The van der Waals surface area contributed by atoms with Gasteiger partial charge in [-0.1, -0.05) is 5.16 Å². The number of ether oxygens (including phenoxy) is 2. The van der Waals surface area contributed by atoms with Crippen molar-refractivity contribution in [3.8, 4) is 17.4 Å². The van der Waals surface area contributed by atoms with E-state index in [2.05, 4.69) is 31.3 Å². The molecule has 0 aliphatic rings. The maximum absolute atomic E-state index is 8.74. The first-order valence-corrected chi connectivity index (χ1v) is 6.26. The highest BCUT2D eigenvalue weighted by Crippen LogP contribution is 2.32. The normalized spacial score (nSPS) is 11.2. The fraction of sp³-hybridized carbons (Fsp3) is 0.0833. The Morgan fingerprint density at radius 3 is 2.85 bits per heavy atom. The quantitative estimate of drug-likeness (QED) is 0.383. The Kier molecular flexibility index (Phi) is 4.36. The number of hydrogen-bond acceptors (Lipinski definition) is 6. The Morgan fingerprint density at radius 1 is 1.40 bits per heavy atom. The molecular weight excluding hydrogens is 328 g/mol. The van der Waals surface area contributed by atoms with Crippen LogP contribution in [0.4, 0.5) is 0 Å². The molecule has 1 aromatic heterocycles. The molecule has 0 amide bonds. The van der Waals surface area contributed by atoms with Crippen molar-refractivity contribution in [3.05, 3.63) is 40.5 Å². The number of aromatic nitrogens is 2. The lowest BCUT2D eigenvalue weighted by Crippen LogP contribution is -2.15. The SMILES string of the molecule is COc1ccc(Oc2nnccc2/C(N)=N/O)c(Br)c1. The highest BCUT2D eigenvalue weighted by Gasteiger charge is 2.13. The molecule has 0 radical (unpaired) electrons. The Bertz CT molecular complexity index is 648. The van der Waals surface area contributed by atoms with Crippen LogP contribution < -0.4 is 15.2 Å². The van der Waals surface area contributed by atoms with Gasteiger partial charge in [0.05, 0.1) is 23.3 Å². The number of nitrogens with zero attached hydrogens (tertiary/aromatic N) is 3. The second-order valence-corrected chi connectivity index (χ2v) is 4.49. The molecule has 0 fully saturated rings. The summed E-state index contributed by atoms with van der Waals surface area (Å²) in [5.74, 6) is 1.20. The number of rotatable bonds is 4. The second-order valence-electron chi connectivity index (χ2n) is 3.63. The highest BCUT2D eigenvalue weighted by molar-refractivity contribution is 9.10. The maximum atomic E-state index is 8.74. The molecule has 7 nitrogen and oxygen atoms in total. The first-order chi connectivity index (χ1) is 9.65. The van der Waals surface area contributed by atoms with Gasteiger partial charge in [0.2, 0.25) is 5.88 Å². The third kappa shape index (κ3) is 2.97. The van der Waals surface area contributed by atoms with Crippen molar-refractivity contribution in [3.63, 3.8) is 0 Å². The molecule has 0 spiro atoms. The molecule has 0 unspecified atom stereocenters. The van der Waals surface area contributed by atoms with Crippen molar-refractivity contribution in [2.45, 2.75) is 0 Å². The number of halogens is 1. The minimum atomic E-state index is -0.112. The van der Waals surface area contributed by atoms with E-state index >= 15 is 0 Å². The van der Waals surface area contributed by atoms with E-state index in [0.29, 0.717) is 21.5 Å². The summed E-state index contributed by atoms with van der Waals surface area (Å²) in [5.41, 5.74) is 5.89. The molecule has 0 saturated heterocycles. The van der Waals surface area contributed by atoms with Gasteiger partial charge in [0.1, 0.15) is 11.5 Å². The van der Waals surface area contributed by atoms with Crippen LogP contribution in [0.2, 0.25) is 0 Å². The summed E-state index contributed by atoms with van der Waals surface area (Å²) in [5, 5.41) is 19.2. The van der Waals surface area contributed by atoms with Crippen LogP contribution in [0, 0.1) is 0 Å². The summed E-state index contributed by atoms with van der Waals surface area (Å²) in [6, 6.07) is 6.72. The lowest BCUT2D eigenvalue weighted by Gasteiger charge is -2.10. The average Bonchev–Trinajstić information content (AvgIpc) is 2.49. The van der Waals surface area contributed by atoms with Gasteiger partial charge in [-0.05, 0) is 40.2 Å². The molecule has 1 heterocycles. The van der Waals surface area contributed by atoms with Crippen LogP contribution in [0.3, 0.4) is 0 Å². The summed E-state index contributed by atoms with van der Waals surface area (Å²) < 4.78 is 11.4. The first kappa shape index (κ1) is 14.1. The van der Waals surface area contributed by atoms with Gasteiger partial charge < -0.3 is 20.4 Å². The van der Waals surface area contributed by atoms with E-state index in [1.807, 2.05) is 0 Å². The summed E-state index contributed by atoms with van der Waals surface area (Å²) in [7, 11) is 1.57. The molecule has 0 atom stereocenters. The Hall–Kier alpha value is -2.35. The molecule has 0 bridgehead atoms. The monoisotopic (exact) mass is 338 g/mol. The zero-order valence-corrected chi connectivity index (χ0v) is 12.0. The fourth-order valence-electron chi connectivity index (χ4n) is 1.44. The predicted octanol–water partition coefficient (Wildman–Crippen LogP) is 2.13. The molecule has 8 heteroatoms. The molecule has 3 N–H and O–H groups in total. The van der Waals surface area contributed by atoms with E-state index < -0.39 is 0 Å². The topological polar surface area (TPSA) is 103 Å². The van der Waals surface area contributed by atoms with Crippen molar-refractivity contribution in [1.29, 1.82) is 0 Å². The molecule has 2 rings (SSSR count). The zero-order chi connectivity index (χ0) is 14.5. The molecule has 0 aliphatic carbocycles. The van der Waals surface area contributed by atoms with Crippen molar-refractivity contribution in [1.82, 2.24) is 10.2 Å². The maximum Gasteiger partial charge on any atom is 0.250 e. The number of nitrogens with two attached hydrogens (primary N) is 1. The van der Waals surface area contributed by atoms with Crippen LogP contribution >= 0.6 is 15.9 Å². The molecule has 0 saturated carbocycles. The van der Waals surface area contributed by atoms with Gasteiger partial charge >= 0.3 is 0 Å². The minimum absolute atomic E-state index is 0.112. The van der Waals surface area contributed by atoms with Crippen LogP contribution in [0.5, 0.6) is 17.4 Å². The van der Waals surface area contributed by atoms with Crippen LogP contribution in [0.1, 0.15) is 5.56 Å². The van der Waals surface area contributed by atoms with Gasteiger partial charge in [-0.25, -0.2) is 0 Å². The lowest BCUT2D eigenvalue weighted by atomic mass is 10.2. The fourth-order valence-corrected chi connectivity index (χ4v) is 1.88. The average molecular weight is 339 g/mol. The lowest BCUT2D eigenvalue weighted by molar-refractivity contribution is 0.318. The molecule has 2 aromatic rings. The molecule has 104 valence electrons. The van der Waals surface area contributed by atoms with Crippen molar-refractivity contribution >= 4 is 21.8 Å². The van der Waals surface area contributed by atoms with Gasteiger partial charge in [0.25, 0.3) is 0 Å². The Morgan fingerprint density at radius 2 is 2.20 bits per heavy atom. The summed E-state index contributed by atoms with van der Waals surface area (Å²) >= 11 is 3.36. The number of oxime groups is 1. The molecule has 1 aromatic carbocycles. The third-order valence-electron chi connectivity index (χ3n) is 2.42. The van der Waals surface area contributed by atoms with Gasteiger partial charge in [-0.3, -0.25) is 0 Å². The molecule has 20 heavy (non-hydrogen) atoms. The summed E-state index contributed by atoms with van der Waals surface area (Å²) in [6.07, 6.45) is 1.42. The first-order valence-electron chi connectivity index (χ1n) is 5.46. The largest absolute Gasteiger partial charge is 0.497 e. The van der Waals surface area contributed by atoms with E-state index in [-0.39, 0.29) is 11.7 Å². The van der Waals surface area contributed by atoms with Gasteiger partial charge in [-0.15, -0.1) is 5.10 Å².